The first-order valence-electron chi connectivity index (χ1n) is 8.23. The van der Waals surface area contributed by atoms with Gasteiger partial charge in [-0.3, -0.25) is 0 Å². The Labute approximate surface area is 127 Å². The third kappa shape index (κ3) is 3.83. The third-order valence-corrected chi connectivity index (χ3v) is 4.40. The molecule has 1 aliphatic rings. The molecule has 1 fully saturated rings. The van der Waals surface area contributed by atoms with Crippen molar-refractivity contribution in [1.29, 1.82) is 0 Å². The highest BCUT2D eigenvalue weighted by molar-refractivity contribution is 5.39. The lowest BCUT2D eigenvalue weighted by molar-refractivity contribution is 0.195. The Morgan fingerprint density at radius 3 is 2.90 bits per heavy atom. The molecular formula is C17H26N4. The smallest absolute Gasteiger partial charge is 0.137 e. The molecule has 114 valence electrons. The molecule has 21 heavy (non-hydrogen) atoms. The van der Waals surface area contributed by atoms with E-state index in [9.17, 15) is 0 Å². The van der Waals surface area contributed by atoms with Crippen molar-refractivity contribution < 1.29 is 0 Å². The van der Waals surface area contributed by atoms with E-state index in [1.807, 2.05) is 12.1 Å². The molecule has 3 heterocycles. The van der Waals surface area contributed by atoms with Crippen molar-refractivity contribution in [2.24, 2.45) is 0 Å². The van der Waals surface area contributed by atoms with Gasteiger partial charge in [-0.15, -0.1) is 0 Å². The van der Waals surface area contributed by atoms with Gasteiger partial charge in [0.25, 0.3) is 0 Å². The highest BCUT2D eigenvalue weighted by Crippen LogP contribution is 2.12. The maximum Gasteiger partial charge on any atom is 0.137 e. The summed E-state index contributed by atoms with van der Waals surface area (Å²) in [6, 6.07) is 6.77. The molecule has 4 heteroatoms. The van der Waals surface area contributed by atoms with Crippen molar-refractivity contribution in [3.05, 3.63) is 36.3 Å². The Hall–Kier alpha value is -1.39. The van der Waals surface area contributed by atoms with Gasteiger partial charge in [0.05, 0.1) is 5.69 Å². The number of fused-ring (bicyclic) bond motifs is 1. The molecule has 0 aliphatic carbocycles. The van der Waals surface area contributed by atoms with Gasteiger partial charge in [0.2, 0.25) is 0 Å². The van der Waals surface area contributed by atoms with Gasteiger partial charge in [-0.05, 0) is 51.0 Å². The van der Waals surface area contributed by atoms with Crippen LogP contribution >= 0.6 is 0 Å². The Morgan fingerprint density at radius 2 is 2.14 bits per heavy atom. The predicted molar refractivity (Wildman–Crippen MR) is 86.4 cm³/mol. The number of unbranched alkanes of at least 4 members (excludes halogenated alkanes) is 1. The zero-order valence-corrected chi connectivity index (χ0v) is 13.0. The largest absolute Gasteiger partial charge is 0.308 e. The van der Waals surface area contributed by atoms with Gasteiger partial charge in [-0.1, -0.05) is 19.4 Å². The monoisotopic (exact) mass is 286 g/mol. The second kappa shape index (κ2) is 7.05. The summed E-state index contributed by atoms with van der Waals surface area (Å²) in [7, 11) is 0. The molecule has 3 rings (SSSR count). The van der Waals surface area contributed by atoms with E-state index in [1.165, 1.54) is 45.3 Å². The quantitative estimate of drug-likeness (QED) is 0.886. The van der Waals surface area contributed by atoms with Crippen LogP contribution in [0, 0.1) is 0 Å². The van der Waals surface area contributed by atoms with E-state index < -0.39 is 0 Å². The Kier molecular flexibility index (Phi) is 4.88. The lowest BCUT2D eigenvalue weighted by Crippen LogP contribution is -2.42. The molecule has 1 aliphatic heterocycles. The van der Waals surface area contributed by atoms with Crippen LogP contribution in [0.4, 0.5) is 0 Å². The summed E-state index contributed by atoms with van der Waals surface area (Å²) in [6.07, 6.45) is 9.33. The first-order valence-corrected chi connectivity index (χ1v) is 8.23. The summed E-state index contributed by atoms with van der Waals surface area (Å²) < 4.78 is 2.09. The van der Waals surface area contributed by atoms with Crippen LogP contribution in [-0.2, 0) is 6.54 Å². The fourth-order valence-corrected chi connectivity index (χ4v) is 3.06. The highest BCUT2D eigenvalue weighted by Gasteiger charge is 2.18. The van der Waals surface area contributed by atoms with Crippen molar-refractivity contribution >= 4 is 5.65 Å². The number of hydrogen-bond acceptors (Lipinski definition) is 3. The minimum Gasteiger partial charge on any atom is -0.308 e. The Bertz CT molecular complexity index is 522. The summed E-state index contributed by atoms with van der Waals surface area (Å²) in [4.78, 5) is 7.25. The number of hydrogen-bond donors (Lipinski definition) is 1. The fraction of sp³-hybridized carbons (Fsp3) is 0.588. The second-order valence-electron chi connectivity index (χ2n) is 6.05. The van der Waals surface area contributed by atoms with E-state index in [4.69, 9.17) is 0 Å². The van der Waals surface area contributed by atoms with Crippen LogP contribution in [0.2, 0.25) is 0 Å². The fourth-order valence-electron chi connectivity index (χ4n) is 3.06. The number of likely N-dealkylation sites (tertiary alicyclic amines) is 1. The van der Waals surface area contributed by atoms with Crippen LogP contribution in [0.15, 0.2) is 30.6 Å². The molecule has 4 nitrogen and oxygen atoms in total. The first-order chi connectivity index (χ1) is 10.3. The second-order valence-corrected chi connectivity index (χ2v) is 6.05. The summed E-state index contributed by atoms with van der Waals surface area (Å²) in [6.45, 7) is 6.89. The zero-order valence-electron chi connectivity index (χ0n) is 13.0. The molecule has 0 bridgehead atoms. The molecule has 0 amide bonds. The highest BCUT2D eigenvalue weighted by atomic mass is 15.1. The predicted octanol–water partition coefficient (Wildman–Crippen LogP) is 2.69. The van der Waals surface area contributed by atoms with Crippen LogP contribution in [0.5, 0.6) is 0 Å². The van der Waals surface area contributed by atoms with Crippen molar-refractivity contribution in [1.82, 2.24) is 19.6 Å². The lowest BCUT2D eigenvalue weighted by atomic mass is 10.0. The van der Waals surface area contributed by atoms with Crippen LogP contribution in [0.25, 0.3) is 5.65 Å². The van der Waals surface area contributed by atoms with Gasteiger partial charge in [0.15, 0.2) is 0 Å². The Balaban J connectivity index is 1.45. The van der Waals surface area contributed by atoms with E-state index in [0.29, 0.717) is 6.04 Å². The maximum atomic E-state index is 4.64. The molecule has 0 unspecified atom stereocenters. The maximum absolute atomic E-state index is 4.64. The SMILES string of the molecule is CCCCN1CCC(NCc2cn3ccccc3n2)CC1. The van der Waals surface area contributed by atoms with Gasteiger partial charge >= 0.3 is 0 Å². The summed E-state index contributed by atoms with van der Waals surface area (Å²) >= 11 is 0. The van der Waals surface area contributed by atoms with E-state index in [-0.39, 0.29) is 0 Å². The van der Waals surface area contributed by atoms with E-state index in [2.05, 4.69) is 45.0 Å². The Morgan fingerprint density at radius 1 is 1.29 bits per heavy atom. The number of imidazole rings is 1. The van der Waals surface area contributed by atoms with Crippen LogP contribution in [0.3, 0.4) is 0 Å². The minimum atomic E-state index is 0.646. The molecule has 0 spiro atoms. The molecule has 2 aromatic heterocycles. The number of nitrogens with zero attached hydrogens (tertiary/aromatic N) is 3. The van der Waals surface area contributed by atoms with Gasteiger partial charge < -0.3 is 14.6 Å². The first kappa shape index (κ1) is 14.5. The van der Waals surface area contributed by atoms with Gasteiger partial charge in [-0.25, -0.2) is 4.98 Å². The van der Waals surface area contributed by atoms with Crippen molar-refractivity contribution in [2.75, 3.05) is 19.6 Å². The number of aromatic nitrogens is 2. The summed E-state index contributed by atoms with van der Waals surface area (Å²) in [5.41, 5.74) is 2.17. The number of nitrogens with one attached hydrogen (secondary N) is 1. The molecule has 1 saturated heterocycles. The van der Waals surface area contributed by atoms with Gasteiger partial charge in [0, 0.05) is 25.0 Å². The van der Waals surface area contributed by atoms with Crippen LogP contribution < -0.4 is 5.32 Å². The molecule has 0 saturated carbocycles. The van der Waals surface area contributed by atoms with Crippen molar-refractivity contribution in [3.63, 3.8) is 0 Å². The average Bonchev–Trinajstić information content (AvgIpc) is 2.95. The van der Waals surface area contributed by atoms with Crippen molar-refractivity contribution in [2.45, 2.75) is 45.2 Å². The number of piperidine rings is 1. The van der Waals surface area contributed by atoms with Crippen LogP contribution in [-0.4, -0.2) is 40.0 Å². The zero-order chi connectivity index (χ0) is 14.5. The van der Waals surface area contributed by atoms with Crippen LogP contribution in [0.1, 0.15) is 38.3 Å². The molecular weight excluding hydrogens is 260 g/mol. The van der Waals surface area contributed by atoms with Gasteiger partial charge in [0.1, 0.15) is 5.65 Å². The number of rotatable bonds is 6. The number of pyridine rings is 1. The molecule has 0 radical (unpaired) electrons. The van der Waals surface area contributed by atoms with Gasteiger partial charge in [-0.2, -0.15) is 0 Å². The summed E-state index contributed by atoms with van der Waals surface area (Å²) in [5.74, 6) is 0. The van der Waals surface area contributed by atoms with E-state index >= 15 is 0 Å². The normalized spacial score (nSPS) is 17.6. The van der Waals surface area contributed by atoms with E-state index in [0.717, 1.165) is 17.9 Å². The molecule has 1 N–H and O–H groups in total. The topological polar surface area (TPSA) is 32.6 Å². The standard InChI is InChI=1S/C17H26N4/c1-2-3-9-20-11-7-15(8-12-20)18-13-16-14-21-10-5-4-6-17(21)19-16/h4-6,10,14-15,18H,2-3,7-9,11-13H2,1H3. The molecule has 0 aromatic carbocycles. The average molecular weight is 286 g/mol. The lowest BCUT2D eigenvalue weighted by Gasteiger charge is -2.32. The molecule has 2 aromatic rings. The minimum absolute atomic E-state index is 0.646. The molecule has 0 atom stereocenters. The van der Waals surface area contributed by atoms with Crippen molar-refractivity contribution in [3.8, 4) is 0 Å². The third-order valence-electron chi connectivity index (χ3n) is 4.40. The van der Waals surface area contributed by atoms with E-state index in [1.54, 1.807) is 0 Å². The summed E-state index contributed by atoms with van der Waals surface area (Å²) in [5, 5.41) is 3.67.